The van der Waals surface area contributed by atoms with Crippen molar-refractivity contribution in [2.45, 2.75) is 11.7 Å². The number of carbonyl (C=O) groups is 3. The van der Waals surface area contributed by atoms with Crippen molar-refractivity contribution >= 4 is 34.6 Å². The fourth-order valence-corrected chi connectivity index (χ4v) is 2.75. The van der Waals surface area contributed by atoms with Crippen LogP contribution >= 0.6 is 11.8 Å². The third-order valence-corrected chi connectivity index (χ3v) is 3.64. The molecule has 1 aliphatic heterocycles. The van der Waals surface area contributed by atoms with Gasteiger partial charge < -0.3 is 9.84 Å². The first-order chi connectivity index (χ1) is 9.04. The Balaban J connectivity index is 2.32. The second-order valence-corrected chi connectivity index (χ2v) is 4.97. The van der Waals surface area contributed by atoms with E-state index in [2.05, 4.69) is 0 Å². The topological polar surface area (TPSA) is 83.9 Å². The van der Waals surface area contributed by atoms with Gasteiger partial charge in [-0.2, -0.15) is 0 Å². The number of ether oxygens (including phenoxy) is 1. The molecule has 1 fully saturated rings. The second-order valence-electron chi connectivity index (χ2n) is 3.82. The summed E-state index contributed by atoms with van der Waals surface area (Å²) in [6.07, 6.45) is -0.374. The average molecular weight is 281 g/mol. The summed E-state index contributed by atoms with van der Waals surface area (Å²) in [5, 5.41) is 7.35. The number of aliphatic carboxylic acids is 1. The number of carboxylic acid groups (broad SMARTS) is 1. The highest BCUT2D eigenvalue weighted by Crippen LogP contribution is 2.37. The zero-order valence-corrected chi connectivity index (χ0v) is 10.8. The number of hydrogen-bond acceptors (Lipinski definition) is 5. The molecule has 0 spiro atoms. The molecule has 1 aliphatic rings. The van der Waals surface area contributed by atoms with Gasteiger partial charge in [-0.25, -0.2) is 4.90 Å². The van der Waals surface area contributed by atoms with Gasteiger partial charge in [-0.15, -0.1) is 0 Å². The monoisotopic (exact) mass is 281 g/mol. The maximum atomic E-state index is 12.1. The van der Waals surface area contributed by atoms with Crippen molar-refractivity contribution in [3.8, 4) is 5.75 Å². The highest BCUT2D eigenvalue weighted by Gasteiger charge is 2.42. The molecule has 19 heavy (non-hydrogen) atoms. The number of amides is 2. The Morgan fingerprint density at radius 1 is 1.42 bits per heavy atom. The van der Waals surface area contributed by atoms with Gasteiger partial charge in [0.15, 0.2) is 0 Å². The first-order valence-corrected chi connectivity index (χ1v) is 6.32. The number of hydrogen-bond donors (Lipinski definition) is 1. The molecule has 1 atom stereocenters. The lowest BCUT2D eigenvalue weighted by Crippen LogP contribution is -2.32. The van der Waals surface area contributed by atoms with Gasteiger partial charge in [0.1, 0.15) is 11.0 Å². The number of thioether (sulfide) groups is 1. The number of anilines is 1. The molecule has 0 radical (unpaired) electrons. The lowest BCUT2D eigenvalue weighted by Gasteiger charge is -2.16. The summed E-state index contributed by atoms with van der Waals surface area (Å²) in [6, 6.07) is 6.60. The highest BCUT2D eigenvalue weighted by molar-refractivity contribution is 8.15. The number of rotatable bonds is 4. The first-order valence-electron chi connectivity index (χ1n) is 5.44. The number of nitrogens with zero attached hydrogens (tertiary/aromatic N) is 1. The Bertz CT molecular complexity index is 545. The summed E-state index contributed by atoms with van der Waals surface area (Å²) in [6.45, 7) is 0. The third-order valence-electron chi connectivity index (χ3n) is 2.61. The van der Waals surface area contributed by atoms with Gasteiger partial charge in [0, 0.05) is 0 Å². The maximum Gasteiger partial charge on any atom is 0.305 e. The number of benzene rings is 1. The Hall–Kier alpha value is -2.02. The molecule has 1 N–H and O–H groups in total. The van der Waals surface area contributed by atoms with Crippen molar-refractivity contribution in [2.24, 2.45) is 0 Å². The summed E-state index contributed by atoms with van der Waals surface area (Å²) in [5.41, 5.74) is 0.334. The summed E-state index contributed by atoms with van der Waals surface area (Å²) < 4.78 is 5.10. The molecule has 1 saturated heterocycles. The fourth-order valence-electron chi connectivity index (χ4n) is 1.78. The number of imide groups is 1. The van der Waals surface area contributed by atoms with E-state index in [1.807, 2.05) is 0 Å². The van der Waals surface area contributed by atoms with Gasteiger partial charge in [-0.05, 0) is 23.9 Å². The van der Waals surface area contributed by atoms with Crippen LogP contribution in [0.4, 0.5) is 10.5 Å². The molecule has 1 aromatic rings. The van der Waals surface area contributed by atoms with Crippen LogP contribution in [0.2, 0.25) is 0 Å². The van der Waals surface area contributed by atoms with Crippen LogP contribution in [0.5, 0.6) is 5.75 Å². The van der Waals surface area contributed by atoms with Crippen LogP contribution in [-0.2, 0) is 9.59 Å². The van der Waals surface area contributed by atoms with Crippen molar-refractivity contribution < 1.29 is 24.2 Å². The zero-order valence-electron chi connectivity index (χ0n) is 10.0. The molecule has 0 aliphatic carbocycles. The zero-order chi connectivity index (χ0) is 14.0. The minimum absolute atomic E-state index is 0.334. The number of carboxylic acids is 1. The average Bonchev–Trinajstić information content (AvgIpc) is 2.64. The Labute approximate surface area is 113 Å². The molecular weight excluding hydrogens is 270 g/mol. The van der Waals surface area contributed by atoms with E-state index >= 15 is 0 Å². The van der Waals surface area contributed by atoms with Gasteiger partial charge in [-0.3, -0.25) is 14.4 Å². The third kappa shape index (κ3) is 2.55. The molecule has 1 heterocycles. The van der Waals surface area contributed by atoms with Gasteiger partial charge in [0.2, 0.25) is 5.91 Å². The van der Waals surface area contributed by atoms with Crippen molar-refractivity contribution in [3.63, 3.8) is 0 Å². The quantitative estimate of drug-likeness (QED) is 0.905. The van der Waals surface area contributed by atoms with Crippen LogP contribution in [0.1, 0.15) is 6.42 Å². The smallest absolute Gasteiger partial charge is 0.305 e. The van der Waals surface area contributed by atoms with E-state index in [0.29, 0.717) is 11.4 Å². The van der Waals surface area contributed by atoms with Gasteiger partial charge in [-0.1, -0.05) is 12.1 Å². The van der Waals surface area contributed by atoms with Gasteiger partial charge in [0.25, 0.3) is 5.24 Å². The predicted octanol–water partition coefficient (Wildman–Crippen LogP) is 1.74. The van der Waals surface area contributed by atoms with Crippen LogP contribution in [0.3, 0.4) is 0 Å². The minimum atomic E-state index is -1.11. The number of para-hydroxylation sites is 2. The van der Waals surface area contributed by atoms with E-state index < -0.39 is 22.4 Å². The van der Waals surface area contributed by atoms with E-state index in [9.17, 15) is 14.4 Å². The molecule has 0 bridgehead atoms. The Morgan fingerprint density at radius 3 is 2.74 bits per heavy atom. The van der Waals surface area contributed by atoms with Crippen LogP contribution in [-0.4, -0.2) is 34.6 Å². The normalized spacial score (nSPS) is 18.8. The predicted molar refractivity (Wildman–Crippen MR) is 69.5 cm³/mol. The summed E-state index contributed by atoms with van der Waals surface area (Å²) in [7, 11) is 1.44. The van der Waals surface area contributed by atoms with E-state index in [0.717, 1.165) is 16.7 Å². The molecule has 7 heteroatoms. The molecule has 2 rings (SSSR count). The molecule has 0 aromatic heterocycles. The Kier molecular flexibility index (Phi) is 3.75. The second kappa shape index (κ2) is 5.31. The largest absolute Gasteiger partial charge is 0.495 e. The van der Waals surface area contributed by atoms with E-state index in [1.165, 1.54) is 7.11 Å². The van der Waals surface area contributed by atoms with Crippen LogP contribution in [0, 0.1) is 0 Å². The molecule has 1 aromatic carbocycles. The van der Waals surface area contributed by atoms with Crippen LogP contribution in [0.25, 0.3) is 0 Å². The lowest BCUT2D eigenvalue weighted by molar-refractivity contribution is -0.138. The van der Waals surface area contributed by atoms with E-state index in [1.54, 1.807) is 24.3 Å². The first kappa shape index (κ1) is 13.4. The lowest BCUT2D eigenvalue weighted by atomic mass is 10.2. The summed E-state index contributed by atoms with van der Waals surface area (Å²) >= 11 is 0.725. The Morgan fingerprint density at radius 2 is 2.11 bits per heavy atom. The number of carbonyl (C=O) groups excluding carboxylic acids is 2. The van der Waals surface area contributed by atoms with E-state index in [-0.39, 0.29) is 6.42 Å². The number of methoxy groups -OCH3 is 1. The molecular formula is C12H11NO5S. The molecule has 2 amide bonds. The van der Waals surface area contributed by atoms with E-state index in [4.69, 9.17) is 9.84 Å². The van der Waals surface area contributed by atoms with Crippen molar-refractivity contribution in [1.82, 2.24) is 0 Å². The highest BCUT2D eigenvalue weighted by atomic mass is 32.2. The standard InChI is InChI=1S/C12H11NO5S/c1-18-8-5-3-2-4-7(8)13-11(16)9(6-10(14)15)19-12(13)17/h2-5,9H,6H2,1H3,(H,14,15). The molecule has 100 valence electrons. The van der Waals surface area contributed by atoms with Crippen LogP contribution < -0.4 is 9.64 Å². The van der Waals surface area contributed by atoms with Gasteiger partial charge >= 0.3 is 5.97 Å². The molecule has 1 unspecified atom stereocenters. The molecule has 0 saturated carbocycles. The fraction of sp³-hybridized carbons (Fsp3) is 0.250. The SMILES string of the molecule is COc1ccccc1N1C(=O)SC(CC(=O)O)C1=O. The van der Waals surface area contributed by atoms with Crippen molar-refractivity contribution in [1.29, 1.82) is 0 Å². The maximum absolute atomic E-state index is 12.1. The van der Waals surface area contributed by atoms with Crippen molar-refractivity contribution in [2.75, 3.05) is 12.0 Å². The minimum Gasteiger partial charge on any atom is -0.495 e. The van der Waals surface area contributed by atoms with Gasteiger partial charge in [0.05, 0.1) is 19.2 Å². The summed E-state index contributed by atoms with van der Waals surface area (Å²) in [4.78, 5) is 35.6. The van der Waals surface area contributed by atoms with Crippen LogP contribution in [0.15, 0.2) is 24.3 Å². The van der Waals surface area contributed by atoms with Crippen molar-refractivity contribution in [3.05, 3.63) is 24.3 Å². The summed E-state index contributed by atoms with van der Waals surface area (Å²) in [5.74, 6) is -1.25. The molecule has 6 nitrogen and oxygen atoms in total.